The van der Waals surface area contributed by atoms with Crippen molar-refractivity contribution in [1.29, 1.82) is 0 Å². The molecule has 0 radical (unpaired) electrons. The molecule has 0 bridgehead atoms. The SMILES string of the molecule is CCc1ccc2c(c1)C1(C(=O)N2)C2C(=O)N(c3cc(OC)c(N([O-])O)cc3C)C(=O)C2C2CCCN21. The number of aryl methyl sites for hydroxylation is 2. The van der Waals surface area contributed by atoms with Crippen molar-refractivity contribution in [2.75, 3.05) is 29.1 Å². The molecular weight excluding hydrogens is 464 g/mol. The van der Waals surface area contributed by atoms with E-state index >= 15 is 0 Å². The molecular formula is C26H27N4O6-. The van der Waals surface area contributed by atoms with E-state index in [2.05, 4.69) is 10.2 Å². The monoisotopic (exact) mass is 491 g/mol. The van der Waals surface area contributed by atoms with Gasteiger partial charge in [-0.15, -0.1) is 0 Å². The quantitative estimate of drug-likeness (QED) is 0.494. The lowest BCUT2D eigenvalue weighted by atomic mass is 9.75. The Morgan fingerprint density at radius 2 is 2.00 bits per heavy atom. The molecule has 4 atom stereocenters. The number of hydrogen-bond donors (Lipinski definition) is 2. The van der Waals surface area contributed by atoms with Crippen LogP contribution in [0.5, 0.6) is 5.75 Å². The van der Waals surface area contributed by atoms with Crippen molar-refractivity contribution in [2.45, 2.75) is 44.7 Å². The number of methoxy groups -OCH3 is 1. The van der Waals surface area contributed by atoms with Crippen LogP contribution >= 0.6 is 0 Å². The van der Waals surface area contributed by atoms with Crippen molar-refractivity contribution in [3.05, 3.63) is 52.2 Å². The summed E-state index contributed by atoms with van der Waals surface area (Å²) >= 11 is 0. The van der Waals surface area contributed by atoms with Crippen LogP contribution in [0.15, 0.2) is 30.3 Å². The third-order valence-corrected chi connectivity index (χ3v) is 8.41. The van der Waals surface area contributed by atoms with Crippen molar-refractivity contribution in [3.8, 4) is 5.75 Å². The number of imide groups is 1. The molecule has 3 fully saturated rings. The zero-order valence-corrected chi connectivity index (χ0v) is 20.3. The first-order valence-electron chi connectivity index (χ1n) is 12.2. The number of hydrogen-bond acceptors (Lipinski definition) is 8. The van der Waals surface area contributed by atoms with Crippen molar-refractivity contribution in [1.82, 2.24) is 4.90 Å². The number of nitrogens with one attached hydrogen (secondary N) is 1. The van der Waals surface area contributed by atoms with Gasteiger partial charge in [0.1, 0.15) is 11.3 Å². The van der Waals surface area contributed by atoms with Gasteiger partial charge in [-0.05, 0) is 56.0 Å². The smallest absolute Gasteiger partial charge is 0.250 e. The topological polar surface area (TPSA) is 125 Å². The van der Waals surface area contributed by atoms with E-state index in [9.17, 15) is 24.8 Å². The molecule has 4 heterocycles. The predicted molar refractivity (Wildman–Crippen MR) is 131 cm³/mol. The molecule has 0 saturated carbocycles. The average molecular weight is 492 g/mol. The van der Waals surface area contributed by atoms with Gasteiger partial charge in [0.2, 0.25) is 17.7 Å². The fourth-order valence-electron chi connectivity index (χ4n) is 6.92. The molecule has 2 aromatic rings. The Morgan fingerprint density at radius 1 is 1.22 bits per heavy atom. The molecule has 4 aliphatic heterocycles. The number of nitrogens with zero attached hydrogens (tertiary/aromatic N) is 3. The number of benzene rings is 2. The fourth-order valence-corrected chi connectivity index (χ4v) is 6.92. The number of carbonyl (C=O) groups excluding carboxylic acids is 3. The van der Waals surface area contributed by atoms with E-state index < -0.39 is 23.3 Å². The number of carbonyl (C=O) groups is 3. The third kappa shape index (κ3) is 2.69. The van der Waals surface area contributed by atoms with Crippen LogP contribution in [0.25, 0.3) is 0 Å². The highest BCUT2D eigenvalue weighted by Crippen LogP contribution is 2.61. The summed E-state index contributed by atoms with van der Waals surface area (Å²) in [4.78, 5) is 45.2. The van der Waals surface area contributed by atoms with Crippen molar-refractivity contribution in [2.24, 2.45) is 11.8 Å². The molecule has 3 amide bonds. The molecule has 1 spiro atoms. The van der Waals surface area contributed by atoms with Crippen LogP contribution < -0.4 is 20.2 Å². The fraction of sp³-hybridized carbons (Fsp3) is 0.423. The van der Waals surface area contributed by atoms with Gasteiger partial charge in [-0.2, -0.15) is 0 Å². The largest absolute Gasteiger partial charge is 0.733 e. The zero-order valence-electron chi connectivity index (χ0n) is 20.3. The van der Waals surface area contributed by atoms with Gasteiger partial charge in [0, 0.05) is 23.4 Å². The minimum atomic E-state index is -1.25. The maximum absolute atomic E-state index is 14.2. The lowest BCUT2D eigenvalue weighted by Crippen LogP contribution is -2.54. The minimum absolute atomic E-state index is 0.0273. The van der Waals surface area contributed by atoms with E-state index in [4.69, 9.17) is 4.74 Å². The molecule has 0 aromatic heterocycles. The second-order valence-electron chi connectivity index (χ2n) is 9.96. The highest BCUT2D eigenvalue weighted by Gasteiger charge is 2.74. The van der Waals surface area contributed by atoms with Gasteiger partial charge in [0.25, 0.3) is 0 Å². The Kier molecular flexibility index (Phi) is 4.95. The van der Waals surface area contributed by atoms with E-state index in [1.165, 1.54) is 19.2 Å². The summed E-state index contributed by atoms with van der Waals surface area (Å²) in [6, 6.07) is 8.42. The normalized spacial score (nSPS) is 28.5. The first-order chi connectivity index (χ1) is 17.2. The van der Waals surface area contributed by atoms with Crippen molar-refractivity contribution in [3.63, 3.8) is 0 Å². The second-order valence-corrected chi connectivity index (χ2v) is 9.96. The Bertz CT molecular complexity index is 1330. The van der Waals surface area contributed by atoms with Crippen LogP contribution in [-0.2, 0) is 26.3 Å². The molecule has 4 aliphatic rings. The molecule has 6 rings (SSSR count). The Hall–Kier alpha value is -3.47. The Balaban J connectivity index is 1.53. The standard InChI is InChI=1S/C26H27N4O6/c1-4-14-7-8-16-15(11-14)26(25(33)27-16)22-21(17-6-5-9-28(17)26)23(31)29(24(22)32)18-12-20(36-3)19(30(34)35)10-13(18)2/h7-8,10-12,17,21-22,34H,4-6,9H2,1-3H3,(H,27,33)/q-1. The van der Waals surface area contributed by atoms with Gasteiger partial charge in [-0.25, -0.2) is 4.90 Å². The summed E-state index contributed by atoms with van der Waals surface area (Å²) in [7, 11) is 1.33. The number of ether oxygens (including phenoxy) is 1. The van der Waals surface area contributed by atoms with Crippen LogP contribution in [0.1, 0.15) is 36.5 Å². The van der Waals surface area contributed by atoms with Crippen molar-refractivity contribution < 1.29 is 24.3 Å². The van der Waals surface area contributed by atoms with Gasteiger partial charge in [0.15, 0.2) is 0 Å². The molecule has 2 N–H and O–H groups in total. The number of rotatable bonds is 4. The lowest BCUT2D eigenvalue weighted by Gasteiger charge is -2.37. The van der Waals surface area contributed by atoms with Crippen LogP contribution in [-0.4, -0.2) is 47.5 Å². The Labute approximate surface area is 207 Å². The summed E-state index contributed by atoms with van der Waals surface area (Å²) in [5, 5.41) is 23.7. The molecule has 36 heavy (non-hydrogen) atoms. The number of anilines is 3. The van der Waals surface area contributed by atoms with Crippen LogP contribution in [0.3, 0.4) is 0 Å². The summed E-state index contributed by atoms with van der Waals surface area (Å²) in [5.74, 6) is -2.57. The van der Waals surface area contributed by atoms with Crippen LogP contribution in [0, 0.1) is 24.0 Å². The van der Waals surface area contributed by atoms with E-state index in [1.807, 2.05) is 25.1 Å². The van der Waals surface area contributed by atoms with E-state index in [0.717, 1.165) is 35.3 Å². The first kappa shape index (κ1) is 23.0. The van der Waals surface area contributed by atoms with E-state index in [-0.39, 0.29) is 40.2 Å². The molecule has 4 unspecified atom stereocenters. The van der Waals surface area contributed by atoms with Gasteiger partial charge in [-0.1, -0.05) is 19.1 Å². The Morgan fingerprint density at radius 3 is 2.69 bits per heavy atom. The minimum Gasteiger partial charge on any atom is -0.733 e. The highest BCUT2D eigenvalue weighted by atomic mass is 16.8. The summed E-state index contributed by atoms with van der Waals surface area (Å²) in [6.45, 7) is 4.33. The van der Waals surface area contributed by atoms with E-state index in [1.54, 1.807) is 6.92 Å². The average Bonchev–Trinajstić information content (AvgIpc) is 3.57. The van der Waals surface area contributed by atoms with Gasteiger partial charge >= 0.3 is 0 Å². The van der Waals surface area contributed by atoms with Gasteiger partial charge in [-0.3, -0.25) is 24.5 Å². The summed E-state index contributed by atoms with van der Waals surface area (Å²) < 4.78 is 5.25. The third-order valence-electron chi connectivity index (χ3n) is 8.41. The zero-order chi connectivity index (χ0) is 25.5. The molecule has 10 nitrogen and oxygen atoms in total. The van der Waals surface area contributed by atoms with Crippen LogP contribution in [0.4, 0.5) is 17.1 Å². The second kappa shape index (κ2) is 7.76. The number of fused-ring (bicyclic) bond motifs is 7. The number of amides is 3. The first-order valence-corrected chi connectivity index (χ1v) is 12.2. The lowest BCUT2D eigenvalue weighted by molar-refractivity contribution is -0.135. The molecule has 10 heteroatoms. The maximum atomic E-state index is 14.2. The van der Waals surface area contributed by atoms with Crippen molar-refractivity contribution >= 4 is 34.8 Å². The summed E-state index contributed by atoms with van der Waals surface area (Å²) in [5.41, 5.74) is 1.85. The highest BCUT2D eigenvalue weighted by molar-refractivity contribution is 6.26. The van der Waals surface area contributed by atoms with Gasteiger partial charge < -0.3 is 20.5 Å². The van der Waals surface area contributed by atoms with E-state index in [0.29, 0.717) is 17.8 Å². The van der Waals surface area contributed by atoms with Crippen LogP contribution in [0.2, 0.25) is 0 Å². The molecule has 2 aromatic carbocycles. The predicted octanol–water partition coefficient (Wildman–Crippen LogP) is 2.69. The molecule has 0 aliphatic carbocycles. The maximum Gasteiger partial charge on any atom is 0.250 e. The molecule has 188 valence electrons. The summed E-state index contributed by atoms with van der Waals surface area (Å²) in [6.07, 6.45) is 2.34. The molecule has 3 saturated heterocycles. The van der Waals surface area contributed by atoms with Gasteiger partial charge in [0.05, 0.1) is 30.3 Å².